The van der Waals surface area contributed by atoms with E-state index in [4.69, 9.17) is 9.90 Å². The third-order valence-corrected chi connectivity index (χ3v) is 4.98. The minimum atomic E-state index is -0.700. The van der Waals surface area contributed by atoms with E-state index in [2.05, 4.69) is 30.6 Å². The quantitative estimate of drug-likeness (QED) is 0.468. The SMILES string of the molecule is CC(C)c1nccc(C(=O)N[C@@H]2C[C@@H](C(=O)NCc3cnccn3)CC[C@H]2O)n1.O=CO. The number of carbonyl (C=O) groups is 3. The third-order valence-electron chi connectivity index (χ3n) is 4.98. The lowest BCUT2D eigenvalue weighted by Gasteiger charge is -2.33. The predicted octanol–water partition coefficient (Wildman–Crippen LogP) is 0.667. The summed E-state index contributed by atoms with van der Waals surface area (Å²) in [6.07, 6.45) is 6.96. The highest BCUT2D eigenvalue weighted by Crippen LogP contribution is 2.25. The van der Waals surface area contributed by atoms with Gasteiger partial charge in [-0.15, -0.1) is 0 Å². The molecule has 3 atom stereocenters. The van der Waals surface area contributed by atoms with E-state index in [0.29, 0.717) is 37.3 Å². The molecule has 4 N–H and O–H groups in total. The first kappa shape index (κ1) is 24.8. The molecule has 0 aliphatic heterocycles. The zero-order valence-corrected chi connectivity index (χ0v) is 18.0. The molecule has 0 bridgehead atoms. The lowest BCUT2D eigenvalue weighted by atomic mass is 9.83. The molecule has 1 aliphatic carbocycles. The van der Waals surface area contributed by atoms with Crippen LogP contribution in [0.15, 0.2) is 30.9 Å². The normalized spacial score (nSPS) is 19.9. The van der Waals surface area contributed by atoms with E-state index in [9.17, 15) is 14.7 Å². The van der Waals surface area contributed by atoms with E-state index in [1.807, 2.05) is 13.8 Å². The Labute approximate surface area is 185 Å². The smallest absolute Gasteiger partial charge is 0.290 e. The summed E-state index contributed by atoms with van der Waals surface area (Å²) in [5.74, 6) is -0.101. The van der Waals surface area contributed by atoms with Crippen molar-refractivity contribution in [2.45, 2.75) is 57.7 Å². The van der Waals surface area contributed by atoms with Gasteiger partial charge in [0.25, 0.3) is 12.4 Å². The second kappa shape index (κ2) is 12.4. The summed E-state index contributed by atoms with van der Waals surface area (Å²) in [5, 5.41) is 22.9. The maximum Gasteiger partial charge on any atom is 0.290 e. The largest absolute Gasteiger partial charge is 0.483 e. The summed E-state index contributed by atoms with van der Waals surface area (Å²) in [6, 6.07) is 1.03. The van der Waals surface area contributed by atoms with Crippen molar-refractivity contribution in [3.8, 4) is 0 Å². The molecule has 2 aromatic heterocycles. The molecule has 11 heteroatoms. The van der Waals surface area contributed by atoms with Gasteiger partial charge >= 0.3 is 0 Å². The monoisotopic (exact) mass is 444 g/mol. The zero-order chi connectivity index (χ0) is 23.5. The minimum absolute atomic E-state index is 0.102. The number of aliphatic hydroxyl groups excluding tert-OH is 1. The van der Waals surface area contributed by atoms with E-state index in [-0.39, 0.29) is 35.8 Å². The first-order chi connectivity index (χ1) is 15.3. The number of amides is 2. The second-order valence-electron chi connectivity index (χ2n) is 7.63. The number of nitrogens with zero attached hydrogens (tertiary/aromatic N) is 4. The maximum atomic E-state index is 12.6. The molecule has 2 amide bonds. The number of nitrogens with one attached hydrogen (secondary N) is 2. The molecular formula is C21H28N6O5. The molecule has 1 aliphatic rings. The van der Waals surface area contributed by atoms with Crippen LogP contribution in [0.25, 0.3) is 0 Å². The van der Waals surface area contributed by atoms with Crippen LogP contribution in [0.5, 0.6) is 0 Å². The van der Waals surface area contributed by atoms with Crippen LogP contribution in [0.2, 0.25) is 0 Å². The molecule has 0 saturated heterocycles. The van der Waals surface area contributed by atoms with Gasteiger partial charge in [-0.05, 0) is 25.3 Å². The van der Waals surface area contributed by atoms with Crippen LogP contribution in [-0.4, -0.2) is 60.6 Å². The minimum Gasteiger partial charge on any atom is -0.483 e. The molecule has 1 fully saturated rings. The number of aliphatic hydroxyl groups is 1. The van der Waals surface area contributed by atoms with Crippen molar-refractivity contribution in [1.29, 1.82) is 0 Å². The Bertz CT molecular complexity index is 895. The first-order valence-electron chi connectivity index (χ1n) is 10.3. The van der Waals surface area contributed by atoms with Gasteiger partial charge in [0.05, 0.1) is 30.6 Å². The van der Waals surface area contributed by atoms with Gasteiger partial charge in [-0.1, -0.05) is 13.8 Å². The van der Waals surface area contributed by atoms with Crippen LogP contribution in [0.1, 0.15) is 61.0 Å². The molecule has 2 heterocycles. The van der Waals surface area contributed by atoms with Gasteiger partial charge in [0, 0.05) is 30.4 Å². The number of hydrogen-bond donors (Lipinski definition) is 4. The van der Waals surface area contributed by atoms with Crippen LogP contribution in [0.3, 0.4) is 0 Å². The van der Waals surface area contributed by atoms with E-state index < -0.39 is 12.1 Å². The van der Waals surface area contributed by atoms with Gasteiger partial charge in [-0.25, -0.2) is 9.97 Å². The highest BCUT2D eigenvalue weighted by atomic mass is 16.3. The highest BCUT2D eigenvalue weighted by Gasteiger charge is 2.34. The Hall–Kier alpha value is -3.47. The molecule has 32 heavy (non-hydrogen) atoms. The fraction of sp³-hybridized carbons (Fsp3) is 0.476. The van der Waals surface area contributed by atoms with Gasteiger partial charge < -0.3 is 20.8 Å². The number of carboxylic acid groups (broad SMARTS) is 1. The van der Waals surface area contributed by atoms with Crippen molar-refractivity contribution in [3.05, 3.63) is 48.1 Å². The lowest BCUT2D eigenvalue weighted by Crippen LogP contribution is -2.49. The Balaban J connectivity index is 0.00000114. The van der Waals surface area contributed by atoms with Crippen molar-refractivity contribution in [3.63, 3.8) is 0 Å². The number of hydrogen-bond acceptors (Lipinski definition) is 8. The number of rotatable bonds is 6. The summed E-state index contributed by atoms with van der Waals surface area (Å²) in [6.45, 7) is 3.94. The van der Waals surface area contributed by atoms with Crippen molar-refractivity contribution >= 4 is 18.3 Å². The van der Waals surface area contributed by atoms with Crippen LogP contribution in [0.4, 0.5) is 0 Å². The molecular weight excluding hydrogens is 416 g/mol. The fourth-order valence-corrected chi connectivity index (χ4v) is 3.31. The summed E-state index contributed by atoms with van der Waals surface area (Å²) < 4.78 is 0. The molecule has 0 unspecified atom stereocenters. The summed E-state index contributed by atoms with van der Waals surface area (Å²) in [5.41, 5.74) is 0.927. The van der Waals surface area contributed by atoms with Gasteiger partial charge in [0.1, 0.15) is 11.5 Å². The summed E-state index contributed by atoms with van der Waals surface area (Å²) in [4.78, 5) is 50.0. The van der Waals surface area contributed by atoms with Crippen molar-refractivity contribution in [2.75, 3.05) is 0 Å². The molecule has 11 nitrogen and oxygen atoms in total. The molecule has 172 valence electrons. The molecule has 1 saturated carbocycles. The Morgan fingerprint density at radius 3 is 2.62 bits per heavy atom. The predicted molar refractivity (Wildman–Crippen MR) is 113 cm³/mol. The van der Waals surface area contributed by atoms with E-state index in [0.717, 1.165) is 0 Å². The molecule has 0 spiro atoms. The second-order valence-corrected chi connectivity index (χ2v) is 7.63. The van der Waals surface area contributed by atoms with Crippen LogP contribution < -0.4 is 10.6 Å². The Morgan fingerprint density at radius 2 is 1.97 bits per heavy atom. The fourth-order valence-electron chi connectivity index (χ4n) is 3.31. The van der Waals surface area contributed by atoms with E-state index in [1.54, 1.807) is 30.9 Å². The average molecular weight is 444 g/mol. The van der Waals surface area contributed by atoms with Gasteiger partial charge in [0.15, 0.2) is 0 Å². The van der Waals surface area contributed by atoms with Crippen molar-refractivity contribution < 1.29 is 24.6 Å². The third kappa shape index (κ3) is 7.34. The molecule has 3 rings (SSSR count). The summed E-state index contributed by atoms with van der Waals surface area (Å²) >= 11 is 0. The molecule has 0 aromatic carbocycles. The van der Waals surface area contributed by atoms with Crippen molar-refractivity contribution in [2.24, 2.45) is 5.92 Å². The maximum absolute atomic E-state index is 12.6. The van der Waals surface area contributed by atoms with Gasteiger partial charge in [0.2, 0.25) is 5.91 Å². The lowest BCUT2D eigenvalue weighted by molar-refractivity contribution is -0.127. The summed E-state index contributed by atoms with van der Waals surface area (Å²) in [7, 11) is 0. The van der Waals surface area contributed by atoms with Gasteiger partial charge in [-0.2, -0.15) is 0 Å². The Morgan fingerprint density at radius 1 is 1.22 bits per heavy atom. The Kier molecular flexibility index (Phi) is 9.61. The first-order valence-corrected chi connectivity index (χ1v) is 10.3. The number of carbonyl (C=O) groups excluding carboxylic acids is 2. The molecule has 0 radical (unpaired) electrons. The zero-order valence-electron chi connectivity index (χ0n) is 18.0. The molecule has 2 aromatic rings. The van der Waals surface area contributed by atoms with E-state index in [1.165, 1.54) is 0 Å². The topological polar surface area (TPSA) is 167 Å². The number of aromatic nitrogens is 4. The highest BCUT2D eigenvalue weighted by molar-refractivity contribution is 5.92. The standard InChI is InChI=1S/C20H26N6O3.CH2O2/c1-12(2)18-23-6-5-15(25-18)20(29)26-16-9-13(3-4-17(16)27)19(28)24-11-14-10-21-7-8-22-14;2-1-3/h5-8,10,12-13,16-17,27H,3-4,9,11H2,1-2H3,(H,24,28)(H,26,29);1H,(H,2,3)/t13-,16+,17+;/m0./s1. The average Bonchev–Trinajstić information content (AvgIpc) is 2.80. The van der Waals surface area contributed by atoms with Crippen molar-refractivity contribution in [1.82, 2.24) is 30.6 Å². The van der Waals surface area contributed by atoms with E-state index >= 15 is 0 Å². The van der Waals surface area contributed by atoms with Crippen LogP contribution >= 0.6 is 0 Å². The van der Waals surface area contributed by atoms with Gasteiger partial charge in [-0.3, -0.25) is 24.4 Å². The van der Waals surface area contributed by atoms with Crippen LogP contribution in [-0.2, 0) is 16.1 Å². The van der Waals surface area contributed by atoms with Crippen LogP contribution in [0, 0.1) is 5.92 Å².